The van der Waals surface area contributed by atoms with Gasteiger partial charge in [0.15, 0.2) is 0 Å². The van der Waals surface area contributed by atoms with Crippen LogP contribution in [0.15, 0.2) is 12.2 Å². The molecule has 5 heteroatoms. The fourth-order valence-electron chi connectivity index (χ4n) is 1.23. The molecule has 0 heterocycles. The van der Waals surface area contributed by atoms with Crippen LogP contribution in [-0.4, -0.2) is 50.2 Å². The van der Waals surface area contributed by atoms with Crippen LogP contribution in [0.25, 0.3) is 0 Å². The Labute approximate surface area is 115 Å². The minimum atomic E-state index is -0.971. The van der Waals surface area contributed by atoms with E-state index in [2.05, 4.69) is 0 Å². The van der Waals surface area contributed by atoms with Gasteiger partial charge in [0.2, 0.25) is 0 Å². The molecule has 0 aromatic heterocycles. The van der Waals surface area contributed by atoms with Gasteiger partial charge in [-0.1, -0.05) is 12.2 Å². The SMILES string of the molecule is [CH]/C=C\COC(=O)CC([CH])OC(=O)CCCN(C)C. The summed E-state index contributed by atoms with van der Waals surface area (Å²) in [7, 11) is 3.84. The van der Waals surface area contributed by atoms with Gasteiger partial charge in [0.1, 0.15) is 12.7 Å². The molecule has 106 valence electrons. The molecule has 0 spiro atoms. The molecule has 0 amide bonds. The third-order valence-corrected chi connectivity index (χ3v) is 2.11. The number of rotatable bonds is 9. The number of nitrogens with zero attached hydrogens (tertiary/aromatic N) is 1. The molecule has 1 atom stereocenters. The monoisotopic (exact) mass is 267 g/mol. The first-order valence-electron chi connectivity index (χ1n) is 6.08. The van der Waals surface area contributed by atoms with Crippen molar-refractivity contribution >= 4 is 11.9 Å². The van der Waals surface area contributed by atoms with Crippen LogP contribution in [0.2, 0.25) is 0 Å². The maximum absolute atomic E-state index is 11.4. The largest absolute Gasteiger partial charge is 0.461 e. The van der Waals surface area contributed by atoms with Gasteiger partial charge in [-0.2, -0.15) is 0 Å². The number of carbonyl (C=O) groups is 2. The molecule has 0 N–H and O–H groups in total. The minimum Gasteiger partial charge on any atom is -0.461 e. The Hall–Kier alpha value is -1.36. The van der Waals surface area contributed by atoms with Crippen molar-refractivity contribution < 1.29 is 19.1 Å². The quantitative estimate of drug-likeness (QED) is 0.587. The van der Waals surface area contributed by atoms with Gasteiger partial charge in [-0.05, 0) is 34.0 Å². The molecular weight excluding hydrogens is 246 g/mol. The molecule has 0 aliphatic carbocycles. The van der Waals surface area contributed by atoms with E-state index in [1.54, 1.807) is 0 Å². The highest BCUT2D eigenvalue weighted by Crippen LogP contribution is 2.03. The normalized spacial score (nSPS) is 12.7. The first-order chi connectivity index (χ1) is 8.95. The molecule has 0 aromatic rings. The molecule has 0 aliphatic rings. The van der Waals surface area contributed by atoms with Crippen molar-refractivity contribution in [2.45, 2.75) is 25.4 Å². The van der Waals surface area contributed by atoms with Crippen LogP contribution in [0.3, 0.4) is 0 Å². The topological polar surface area (TPSA) is 55.8 Å². The van der Waals surface area contributed by atoms with Crippen LogP contribution in [0.1, 0.15) is 19.3 Å². The third kappa shape index (κ3) is 11.5. The predicted octanol–water partition coefficient (Wildman–Crippen LogP) is 1.15. The number of hydrogen-bond donors (Lipinski definition) is 0. The Morgan fingerprint density at radius 2 is 2.00 bits per heavy atom. The molecule has 1 unspecified atom stereocenters. The molecule has 0 saturated heterocycles. The van der Waals surface area contributed by atoms with Crippen LogP contribution in [0.5, 0.6) is 0 Å². The molecular formula is C14H21NO4. The molecule has 19 heavy (non-hydrogen) atoms. The average molecular weight is 267 g/mol. The number of hydrogen-bond acceptors (Lipinski definition) is 5. The number of allylic oxidation sites excluding steroid dienone is 1. The highest BCUT2D eigenvalue weighted by atomic mass is 16.6. The van der Waals surface area contributed by atoms with Crippen LogP contribution < -0.4 is 0 Å². The molecule has 0 aromatic carbocycles. The number of esters is 2. The summed E-state index contributed by atoms with van der Waals surface area (Å²) in [5.74, 6) is -0.948. The van der Waals surface area contributed by atoms with Gasteiger partial charge in [-0.3, -0.25) is 9.59 Å². The molecule has 0 saturated carbocycles. The molecule has 0 fully saturated rings. The fraction of sp³-hybridized carbons (Fsp3) is 0.571. The fourth-order valence-corrected chi connectivity index (χ4v) is 1.23. The van der Waals surface area contributed by atoms with E-state index in [9.17, 15) is 9.59 Å². The van der Waals surface area contributed by atoms with E-state index in [0.29, 0.717) is 6.42 Å². The first kappa shape index (κ1) is 17.6. The summed E-state index contributed by atoms with van der Waals surface area (Å²) in [6, 6.07) is 0. The zero-order chi connectivity index (χ0) is 14.7. The van der Waals surface area contributed by atoms with E-state index in [0.717, 1.165) is 6.54 Å². The summed E-state index contributed by atoms with van der Waals surface area (Å²) in [5.41, 5.74) is 0. The highest BCUT2D eigenvalue weighted by molar-refractivity contribution is 5.72. The van der Waals surface area contributed by atoms with E-state index in [-0.39, 0.29) is 19.4 Å². The van der Waals surface area contributed by atoms with Crippen molar-refractivity contribution in [1.82, 2.24) is 4.90 Å². The van der Waals surface area contributed by atoms with Crippen LogP contribution in [0.4, 0.5) is 0 Å². The maximum atomic E-state index is 11.4. The molecule has 0 aliphatic heterocycles. The Morgan fingerprint density at radius 1 is 1.32 bits per heavy atom. The van der Waals surface area contributed by atoms with E-state index in [1.165, 1.54) is 12.2 Å². The molecule has 0 rings (SSSR count). The summed E-state index contributed by atoms with van der Waals surface area (Å²) in [5, 5.41) is 0. The van der Waals surface area contributed by atoms with E-state index >= 15 is 0 Å². The van der Waals surface area contributed by atoms with Gasteiger partial charge in [-0.15, -0.1) is 0 Å². The van der Waals surface area contributed by atoms with Gasteiger partial charge in [-0.25, -0.2) is 0 Å². The van der Waals surface area contributed by atoms with Crippen molar-refractivity contribution in [1.29, 1.82) is 0 Å². The standard InChI is InChI=1S/C14H21NO4/c1-5-6-10-18-14(17)11-12(2)19-13(16)8-7-9-15(3)4/h1-2,5-6,12H,7-11H2,3-4H3/b6-5-. The van der Waals surface area contributed by atoms with E-state index < -0.39 is 18.0 Å². The van der Waals surface area contributed by atoms with Gasteiger partial charge in [0, 0.05) is 13.3 Å². The Morgan fingerprint density at radius 3 is 2.58 bits per heavy atom. The smallest absolute Gasteiger partial charge is 0.309 e. The molecule has 0 bridgehead atoms. The number of carbonyl (C=O) groups excluding carboxylic acids is 2. The molecule has 5 nitrogen and oxygen atoms in total. The van der Waals surface area contributed by atoms with Gasteiger partial charge in [0.25, 0.3) is 0 Å². The Bertz CT molecular complexity index is 300. The van der Waals surface area contributed by atoms with E-state index in [4.69, 9.17) is 23.3 Å². The van der Waals surface area contributed by atoms with Gasteiger partial charge in [0.05, 0.1) is 6.42 Å². The van der Waals surface area contributed by atoms with Crippen molar-refractivity contribution in [2.75, 3.05) is 27.2 Å². The second kappa shape index (κ2) is 10.6. The van der Waals surface area contributed by atoms with Crippen LogP contribution in [-0.2, 0) is 19.1 Å². The second-order valence-electron chi connectivity index (χ2n) is 4.25. The van der Waals surface area contributed by atoms with E-state index in [1.807, 2.05) is 19.0 Å². The summed E-state index contributed by atoms with van der Waals surface area (Å²) >= 11 is 0. The minimum absolute atomic E-state index is 0.0822. The summed E-state index contributed by atoms with van der Waals surface area (Å²) in [6.45, 7) is 11.5. The lowest BCUT2D eigenvalue weighted by Gasteiger charge is -2.13. The third-order valence-electron chi connectivity index (χ3n) is 2.11. The maximum Gasteiger partial charge on any atom is 0.309 e. The summed E-state index contributed by atoms with van der Waals surface area (Å²) < 4.78 is 9.65. The van der Waals surface area contributed by atoms with Crippen molar-refractivity contribution in [2.24, 2.45) is 0 Å². The average Bonchev–Trinajstić information content (AvgIpc) is 2.28. The highest BCUT2D eigenvalue weighted by Gasteiger charge is 2.14. The van der Waals surface area contributed by atoms with Gasteiger partial charge >= 0.3 is 11.9 Å². The lowest BCUT2D eigenvalue weighted by molar-refractivity contribution is -0.152. The first-order valence-corrected chi connectivity index (χ1v) is 6.08. The lowest BCUT2D eigenvalue weighted by Crippen LogP contribution is -2.21. The van der Waals surface area contributed by atoms with Gasteiger partial charge < -0.3 is 14.4 Å². The lowest BCUT2D eigenvalue weighted by atomic mass is 10.2. The van der Waals surface area contributed by atoms with Crippen LogP contribution in [0, 0.1) is 13.8 Å². The molecule has 4 radical (unpaired) electrons. The predicted molar refractivity (Wildman–Crippen MR) is 71.0 cm³/mol. The summed E-state index contributed by atoms with van der Waals surface area (Å²) in [6.07, 6.45) is 2.58. The zero-order valence-electron chi connectivity index (χ0n) is 11.5. The number of ether oxygens (including phenoxy) is 2. The van der Waals surface area contributed by atoms with Crippen molar-refractivity contribution in [3.05, 3.63) is 26.0 Å². The van der Waals surface area contributed by atoms with Crippen molar-refractivity contribution in [3.63, 3.8) is 0 Å². The van der Waals surface area contributed by atoms with Crippen LogP contribution >= 0.6 is 0 Å². The summed E-state index contributed by atoms with van der Waals surface area (Å²) in [4.78, 5) is 24.6. The second-order valence-corrected chi connectivity index (χ2v) is 4.25. The Kier molecular flexibility index (Phi) is 9.80. The van der Waals surface area contributed by atoms with Crippen molar-refractivity contribution in [3.8, 4) is 0 Å². The Balaban J connectivity index is 3.74. The zero-order valence-corrected chi connectivity index (χ0v) is 11.5.